The zero-order chi connectivity index (χ0) is 13.5. The van der Waals surface area contributed by atoms with Crippen molar-refractivity contribution in [1.82, 2.24) is 19.5 Å². The minimum Gasteiger partial charge on any atom is -0.369 e. The molecule has 0 bridgehead atoms. The highest BCUT2D eigenvalue weighted by atomic mass is 35.5. The number of fused-ring (bicyclic) bond motifs is 1. The molecule has 2 rings (SSSR count). The Kier molecular flexibility index (Phi) is 5.86. The van der Waals surface area contributed by atoms with Crippen molar-refractivity contribution in [1.29, 1.82) is 0 Å². The minimum atomic E-state index is -0.362. The molecule has 0 unspecified atom stereocenters. The molecule has 0 saturated carbocycles. The van der Waals surface area contributed by atoms with Gasteiger partial charge in [0.2, 0.25) is 11.9 Å². The van der Waals surface area contributed by atoms with Gasteiger partial charge in [-0.3, -0.25) is 14.3 Å². The van der Waals surface area contributed by atoms with Gasteiger partial charge in [-0.05, 0) is 11.8 Å². The number of anilines is 2. The molecule has 0 fully saturated rings. The van der Waals surface area contributed by atoms with Gasteiger partial charge in [0.1, 0.15) is 0 Å². The maximum atomic E-state index is 11.7. The second-order valence-corrected chi connectivity index (χ2v) is 5.56. The molecule has 2 aromatic rings. The lowest BCUT2D eigenvalue weighted by molar-refractivity contribution is 0.353. The summed E-state index contributed by atoms with van der Waals surface area (Å²) in [5.74, 6) is 0.363. The molecule has 0 aliphatic heterocycles. The number of H-pyrrole nitrogens is 1. The molecular weight excluding hydrogens is 303 g/mol. The Morgan fingerprint density at radius 2 is 1.80 bits per heavy atom. The van der Waals surface area contributed by atoms with Crippen LogP contribution in [-0.2, 0) is 6.54 Å². The number of nitrogen functional groups attached to an aromatic ring is 2. The molecule has 0 aliphatic rings. The number of aromatic nitrogens is 4. The molecule has 5 N–H and O–H groups in total. The van der Waals surface area contributed by atoms with Crippen LogP contribution < -0.4 is 17.0 Å². The van der Waals surface area contributed by atoms with Gasteiger partial charge in [-0.2, -0.15) is 4.98 Å². The summed E-state index contributed by atoms with van der Waals surface area (Å²) in [6, 6.07) is 0. The number of hydrogen-bond acceptors (Lipinski definition) is 5. The molecule has 9 heteroatoms. The molecule has 7 nitrogen and oxygen atoms in total. The number of imidazole rings is 1. The molecule has 0 amide bonds. The van der Waals surface area contributed by atoms with Crippen LogP contribution in [-0.4, -0.2) is 19.5 Å². The van der Waals surface area contributed by atoms with Crippen LogP contribution in [0.5, 0.6) is 0 Å². The Balaban J connectivity index is 0.00000180. The second-order valence-electron chi connectivity index (χ2n) is 5.56. The van der Waals surface area contributed by atoms with E-state index in [0.717, 1.165) is 6.42 Å². The smallest absolute Gasteiger partial charge is 0.280 e. The first-order valence-corrected chi connectivity index (χ1v) is 5.79. The average molecular weight is 323 g/mol. The molecule has 0 aromatic carbocycles. The van der Waals surface area contributed by atoms with Crippen molar-refractivity contribution in [2.75, 3.05) is 11.5 Å². The van der Waals surface area contributed by atoms with Crippen molar-refractivity contribution in [2.45, 2.75) is 33.7 Å². The molecule has 0 spiro atoms. The van der Waals surface area contributed by atoms with E-state index >= 15 is 0 Å². The highest BCUT2D eigenvalue weighted by molar-refractivity contribution is 5.85. The number of nitrogens with zero attached hydrogens (tertiary/aromatic N) is 3. The van der Waals surface area contributed by atoms with Crippen LogP contribution in [0.4, 0.5) is 11.9 Å². The standard InChI is InChI=1S/C11H18N6O.2ClH/c1-11(2,3)4-5-17-7-6(14-10(17)13)8(18)16-9(12)15-7;;/h4-5H2,1-3H3,(H2,13,14)(H3,12,15,16,18);2*1H. The topological polar surface area (TPSA) is 116 Å². The van der Waals surface area contributed by atoms with Gasteiger partial charge in [0.25, 0.3) is 5.56 Å². The van der Waals surface area contributed by atoms with Crippen molar-refractivity contribution >= 4 is 47.9 Å². The van der Waals surface area contributed by atoms with Crippen LogP contribution in [0, 0.1) is 5.41 Å². The highest BCUT2D eigenvalue weighted by Crippen LogP contribution is 2.22. The van der Waals surface area contributed by atoms with Crippen LogP contribution in [0.3, 0.4) is 0 Å². The van der Waals surface area contributed by atoms with Crippen LogP contribution in [0.1, 0.15) is 27.2 Å². The number of hydrogen-bond donors (Lipinski definition) is 3. The quantitative estimate of drug-likeness (QED) is 0.776. The minimum absolute atomic E-state index is 0. The summed E-state index contributed by atoms with van der Waals surface area (Å²) in [6.45, 7) is 7.06. The van der Waals surface area contributed by atoms with E-state index in [2.05, 4.69) is 35.7 Å². The lowest BCUT2D eigenvalue weighted by Gasteiger charge is -2.18. The Morgan fingerprint density at radius 1 is 1.20 bits per heavy atom. The molecule has 20 heavy (non-hydrogen) atoms. The van der Waals surface area contributed by atoms with Crippen LogP contribution in [0.15, 0.2) is 4.79 Å². The van der Waals surface area contributed by atoms with E-state index < -0.39 is 0 Å². The second kappa shape index (κ2) is 6.32. The van der Waals surface area contributed by atoms with Crippen LogP contribution in [0.2, 0.25) is 0 Å². The van der Waals surface area contributed by atoms with E-state index in [9.17, 15) is 4.79 Å². The Morgan fingerprint density at radius 3 is 2.35 bits per heavy atom. The Hall–Kier alpha value is -1.47. The van der Waals surface area contributed by atoms with Gasteiger partial charge in [0, 0.05) is 6.54 Å². The van der Waals surface area contributed by atoms with Crippen molar-refractivity contribution in [3.05, 3.63) is 10.4 Å². The van der Waals surface area contributed by atoms with E-state index in [1.807, 2.05) is 0 Å². The number of aryl methyl sites for hydroxylation is 1. The number of nitrogens with one attached hydrogen (secondary N) is 1. The fraction of sp³-hybridized carbons (Fsp3) is 0.545. The van der Waals surface area contributed by atoms with Crippen molar-refractivity contribution in [3.8, 4) is 0 Å². The third kappa shape index (κ3) is 3.77. The van der Waals surface area contributed by atoms with E-state index in [0.29, 0.717) is 12.2 Å². The summed E-state index contributed by atoms with van der Waals surface area (Å²) in [4.78, 5) is 22.2. The number of nitrogens with two attached hydrogens (primary N) is 2. The lowest BCUT2D eigenvalue weighted by atomic mass is 9.92. The summed E-state index contributed by atoms with van der Waals surface area (Å²) < 4.78 is 1.73. The summed E-state index contributed by atoms with van der Waals surface area (Å²) >= 11 is 0. The first-order valence-electron chi connectivity index (χ1n) is 5.79. The SMILES string of the molecule is CC(C)(C)CCn1c(N)nc2c(=O)[nH]c(N)nc21.Cl.Cl. The van der Waals surface area contributed by atoms with E-state index in [4.69, 9.17) is 11.5 Å². The summed E-state index contributed by atoms with van der Waals surface area (Å²) in [5.41, 5.74) is 11.8. The molecule has 2 heterocycles. The van der Waals surface area contributed by atoms with E-state index in [-0.39, 0.29) is 53.2 Å². The molecule has 0 atom stereocenters. The zero-order valence-corrected chi connectivity index (χ0v) is 13.3. The fourth-order valence-electron chi connectivity index (χ4n) is 1.71. The summed E-state index contributed by atoms with van der Waals surface area (Å²) in [6.07, 6.45) is 0.900. The fourth-order valence-corrected chi connectivity index (χ4v) is 1.71. The van der Waals surface area contributed by atoms with E-state index in [1.165, 1.54) is 0 Å². The third-order valence-corrected chi connectivity index (χ3v) is 2.74. The van der Waals surface area contributed by atoms with Crippen LogP contribution >= 0.6 is 24.8 Å². The lowest BCUT2D eigenvalue weighted by Crippen LogP contribution is -2.14. The van der Waals surface area contributed by atoms with Crippen molar-refractivity contribution in [2.24, 2.45) is 5.41 Å². The largest absolute Gasteiger partial charge is 0.369 e. The van der Waals surface area contributed by atoms with Gasteiger partial charge in [0.15, 0.2) is 11.2 Å². The Bertz CT molecular complexity index is 643. The molecule has 114 valence electrons. The van der Waals surface area contributed by atoms with Gasteiger partial charge in [-0.1, -0.05) is 20.8 Å². The third-order valence-electron chi connectivity index (χ3n) is 2.74. The van der Waals surface area contributed by atoms with Crippen molar-refractivity contribution < 1.29 is 0 Å². The number of rotatable bonds is 2. The molecule has 0 aliphatic carbocycles. The predicted molar refractivity (Wildman–Crippen MR) is 85.5 cm³/mol. The van der Waals surface area contributed by atoms with Gasteiger partial charge < -0.3 is 11.5 Å². The first-order chi connectivity index (χ1) is 8.28. The summed E-state index contributed by atoms with van der Waals surface area (Å²) in [5, 5.41) is 0. The number of halogens is 2. The Labute approximate surface area is 129 Å². The van der Waals surface area contributed by atoms with Crippen LogP contribution in [0.25, 0.3) is 11.2 Å². The maximum absolute atomic E-state index is 11.7. The summed E-state index contributed by atoms with van der Waals surface area (Å²) in [7, 11) is 0. The van der Waals surface area contributed by atoms with E-state index in [1.54, 1.807) is 4.57 Å². The maximum Gasteiger partial charge on any atom is 0.280 e. The molecule has 2 aromatic heterocycles. The average Bonchev–Trinajstić information content (AvgIpc) is 2.51. The predicted octanol–water partition coefficient (Wildman–Crippen LogP) is 1.56. The zero-order valence-electron chi connectivity index (χ0n) is 11.6. The normalized spacial score (nSPS) is 10.9. The molecule has 0 radical (unpaired) electrons. The van der Waals surface area contributed by atoms with Gasteiger partial charge in [-0.25, -0.2) is 4.98 Å². The van der Waals surface area contributed by atoms with Crippen molar-refractivity contribution in [3.63, 3.8) is 0 Å². The van der Waals surface area contributed by atoms with Gasteiger partial charge in [0.05, 0.1) is 0 Å². The highest BCUT2D eigenvalue weighted by Gasteiger charge is 2.16. The first kappa shape index (κ1) is 18.5. The van der Waals surface area contributed by atoms with Gasteiger partial charge in [-0.15, -0.1) is 24.8 Å². The number of aromatic amines is 1. The molecule has 0 saturated heterocycles. The molecular formula is C11H20Cl2N6O. The monoisotopic (exact) mass is 322 g/mol. The van der Waals surface area contributed by atoms with Gasteiger partial charge >= 0.3 is 0 Å².